The molecule has 0 saturated heterocycles. The molecule has 0 fully saturated rings. The number of hydrogen-bond donors (Lipinski definition) is 2. The van der Waals surface area contributed by atoms with Gasteiger partial charge in [0.1, 0.15) is 5.75 Å². The molecule has 0 unspecified atom stereocenters. The lowest BCUT2D eigenvalue weighted by Crippen LogP contribution is -2.18. The second kappa shape index (κ2) is 5.54. The van der Waals surface area contributed by atoms with Crippen molar-refractivity contribution in [2.75, 3.05) is 5.32 Å². The second-order valence-electron chi connectivity index (χ2n) is 5.08. The van der Waals surface area contributed by atoms with E-state index in [1.54, 1.807) is 6.20 Å². The standard InChI is InChI=1S/C16H17N3O2/c1-10-6-7-18-16(13(10)9-17)21-12-3-4-14-11(8-12)2-5-15(20)19-14/h3-4,6-8H,2,5,9,17H2,1H3,(H,19,20). The van der Waals surface area contributed by atoms with Gasteiger partial charge < -0.3 is 15.8 Å². The van der Waals surface area contributed by atoms with E-state index in [9.17, 15) is 4.79 Å². The van der Waals surface area contributed by atoms with Crippen LogP contribution in [0.5, 0.6) is 11.6 Å². The summed E-state index contributed by atoms with van der Waals surface area (Å²) in [6, 6.07) is 7.55. The van der Waals surface area contributed by atoms with Crippen LogP contribution in [0.4, 0.5) is 5.69 Å². The van der Waals surface area contributed by atoms with E-state index in [4.69, 9.17) is 10.5 Å². The van der Waals surface area contributed by atoms with Crippen molar-refractivity contribution < 1.29 is 9.53 Å². The maximum absolute atomic E-state index is 11.4. The van der Waals surface area contributed by atoms with Crippen molar-refractivity contribution in [3.05, 3.63) is 47.2 Å². The molecule has 21 heavy (non-hydrogen) atoms. The third-order valence-electron chi connectivity index (χ3n) is 3.64. The minimum atomic E-state index is 0.0573. The van der Waals surface area contributed by atoms with Gasteiger partial charge >= 0.3 is 0 Å². The molecule has 108 valence electrons. The summed E-state index contributed by atoms with van der Waals surface area (Å²) in [6.45, 7) is 2.37. The molecule has 0 spiro atoms. The van der Waals surface area contributed by atoms with Crippen molar-refractivity contribution >= 4 is 11.6 Å². The van der Waals surface area contributed by atoms with Crippen LogP contribution in [0, 0.1) is 6.92 Å². The largest absolute Gasteiger partial charge is 0.439 e. The number of amides is 1. The molecule has 1 aliphatic heterocycles. The highest BCUT2D eigenvalue weighted by molar-refractivity contribution is 5.94. The lowest BCUT2D eigenvalue weighted by molar-refractivity contribution is -0.116. The van der Waals surface area contributed by atoms with E-state index < -0.39 is 0 Å². The van der Waals surface area contributed by atoms with Gasteiger partial charge in [0, 0.05) is 30.4 Å². The highest BCUT2D eigenvalue weighted by Crippen LogP contribution is 2.30. The van der Waals surface area contributed by atoms with Crippen LogP contribution in [0.1, 0.15) is 23.1 Å². The summed E-state index contributed by atoms with van der Waals surface area (Å²) < 4.78 is 5.87. The van der Waals surface area contributed by atoms with Crippen LogP contribution >= 0.6 is 0 Å². The first-order valence-corrected chi connectivity index (χ1v) is 6.92. The van der Waals surface area contributed by atoms with Gasteiger partial charge in [0.05, 0.1) is 0 Å². The van der Waals surface area contributed by atoms with Crippen molar-refractivity contribution in [2.45, 2.75) is 26.3 Å². The van der Waals surface area contributed by atoms with Crippen LogP contribution in [0.2, 0.25) is 0 Å². The first-order valence-electron chi connectivity index (χ1n) is 6.92. The number of aryl methyl sites for hydroxylation is 2. The van der Waals surface area contributed by atoms with E-state index in [2.05, 4.69) is 10.3 Å². The van der Waals surface area contributed by atoms with Gasteiger partial charge in [-0.3, -0.25) is 4.79 Å². The fourth-order valence-corrected chi connectivity index (χ4v) is 2.44. The fraction of sp³-hybridized carbons (Fsp3) is 0.250. The van der Waals surface area contributed by atoms with Crippen LogP contribution in [0.25, 0.3) is 0 Å². The van der Waals surface area contributed by atoms with Crippen LogP contribution in [-0.2, 0) is 17.8 Å². The molecule has 0 radical (unpaired) electrons. The maximum Gasteiger partial charge on any atom is 0.224 e. The minimum Gasteiger partial charge on any atom is -0.439 e. The quantitative estimate of drug-likeness (QED) is 0.907. The maximum atomic E-state index is 11.4. The van der Waals surface area contributed by atoms with Gasteiger partial charge in [-0.2, -0.15) is 0 Å². The van der Waals surface area contributed by atoms with Gasteiger partial charge in [0.2, 0.25) is 11.8 Å². The predicted molar refractivity (Wildman–Crippen MR) is 80.3 cm³/mol. The molecule has 1 aliphatic rings. The zero-order valence-corrected chi connectivity index (χ0v) is 11.8. The zero-order chi connectivity index (χ0) is 14.8. The number of pyridine rings is 1. The molecular weight excluding hydrogens is 266 g/mol. The van der Waals surface area contributed by atoms with Crippen molar-refractivity contribution in [2.24, 2.45) is 5.73 Å². The Kier molecular flexibility index (Phi) is 3.58. The number of anilines is 1. The van der Waals surface area contributed by atoms with Crippen LogP contribution in [-0.4, -0.2) is 10.9 Å². The molecule has 0 atom stereocenters. The predicted octanol–water partition coefficient (Wildman–Crippen LogP) is 2.53. The summed E-state index contributed by atoms with van der Waals surface area (Å²) in [4.78, 5) is 15.6. The number of benzene rings is 1. The summed E-state index contributed by atoms with van der Waals surface area (Å²) in [5.74, 6) is 1.30. The van der Waals surface area contributed by atoms with Crippen LogP contribution in [0.3, 0.4) is 0 Å². The van der Waals surface area contributed by atoms with Gasteiger partial charge in [0.25, 0.3) is 0 Å². The molecule has 2 aromatic rings. The van der Waals surface area contributed by atoms with Crippen molar-refractivity contribution in [1.82, 2.24) is 4.98 Å². The molecule has 3 rings (SSSR count). The Hall–Kier alpha value is -2.40. The lowest BCUT2D eigenvalue weighted by Gasteiger charge is -2.18. The molecule has 5 heteroatoms. The Bertz CT molecular complexity index is 698. The molecule has 5 nitrogen and oxygen atoms in total. The Morgan fingerprint density at radius 2 is 2.19 bits per heavy atom. The number of carbonyl (C=O) groups is 1. The Labute approximate surface area is 123 Å². The number of carbonyl (C=O) groups excluding carboxylic acids is 1. The smallest absolute Gasteiger partial charge is 0.224 e. The van der Waals surface area contributed by atoms with Gasteiger partial charge in [-0.15, -0.1) is 0 Å². The average Bonchev–Trinajstić information content (AvgIpc) is 2.48. The minimum absolute atomic E-state index is 0.0573. The molecule has 1 aromatic carbocycles. The average molecular weight is 283 g/mol. The molecular formula is C16H17N3O2. The number of hydrogen-bond acceptors (Lipinski definition) is 4. The molecule has 1 amide bonds. The summed E-state index contributed by atoms with van der Waals surface area (Å²) in [6.07, 6.45) is 2.94. The highest BCUT2D eigenvalue weighted by atomic mass is 16.5. The second-order valence-corrected chi connectivity index (χ2v) is 5.08. The van der Waals surface area contributed by atoms with E-state index in [-0.39, 0.29) is 5.91 Å². The molecule has 0 aliphatic carbocycles. The number of ether oxygens (including phenoxy) is 1. The highest BCUT2D eigenvalue weighted by Gasteiger charge is 2.16. The van der Waals surface area contributed by atoms with E-state index in [0.29, 0.717) is 24.6 Å². The van der Waals surface area contributed by atoms with E-state index >= 15 is 0 Å². The van der Waals surface area contributed by atoms with Gasteiger partial charge in [-0.1, -0.05) is 0 Å². The summed E-state index contributed by atoms with van der Waals surface area (Å²) in [5.41, 5.74) is 9.67. The molecule has 1 aromatic heterocycles. The van der Waals surface area contributed by atoms with Crippen LogP contribution in [0.15, 0.2) is 30.5 Å². The number of nitrogens with one attached hydrogen (secondary N) is 1. The Balaban J connectivity index is 1.89. The fourth-order valence-electron chi connectivity index (χ4n) is 2.44. The first-order chi connectivity index (χ1) is 10.2. The third kappa shape index (κ3) is 2.73. The molecule has 2 heterocycles. The lowest BCUT2D eigenvalue weighted by atomic mass is 10.0. The van der Waals surface area contributed by atoms with Crippen molar-refractivity contribution in [3.63, 3.8) is 0 Å². The first kappa shape index (κ1) is 13.6. The summed E-state index contributed by atoms with van der Waals surface area (Å²) in [5, 5.41) is 2.85. The molecule has 0 bridgehead atoms. The third-order valence-corrected chi connectivity index (χ3v) is 3.64. The SMILES string of the molecule is Cc1ccnc(Oc2ccc3c(c2)CCC(=O)N3)c1CN. The monoisotopic (exact) mass is 283 g/mol. The Morgan fingerprint density at radius 3 is 3.00 bits per heavy atom. The number of rotatable bonds is 3. The zero-order valence-electron chi connectivity index (χ0n) is 11.8. The van der Waals surface area contributed by atoms with Gasteiger partial charge in [0.15, 0.2) is 0 Å². The van der Waals surface area contributed by atoms with E-state index in [0.717, 1.165) is 28.8 Å². The van der Waals surface area contributed by atoms with Crippen LogP contribution < -0.4 is 15.8 Å². The van der Waals surface area contributed by atoms with E-state index in [1.165, 1.54) is 0 Å². The number of aromatic nitrogens is 1. The topological polar surface area (TPSA) is 77.2 Å². The van der Waals surface area contributed by atoms with Crippen molar-refractivity contribution in [3.8, 4) is 11.6 Å². The Morgan fingerprint density at radius 1 is 1.33 bits per heavy atom. The number of nitrogens with two attached hydrogens (primary N) is 1. The van der Waals surface area contributed by atoms with Gasteiger partial charge in [-0.05, 0) is 48.7 Å². The normalized spacial score (nSPS) is 13.5. The van der Waals surface area contributed by atoms with E-state index in [1.807, 2.05) is 31.2 Å². The summed E-state index contributed by atoms with van der Waals surface area (Å²) >= 11 is 0. The number of nitrogens with zero attached hydrogens (tertiary/aromatic N) is 1. The molecule has 0 saturated carbocycles. The summed E-state index contributed by atoms with van der Waals surface area (Å²) in [7, 11) is 0. The van der Waals surface area contributed by atoms with Crippen molar-refractivity contribution in [1.29, 1.82) is 0 Å². The molecule has 3 N–H and O–H groups in total. The number of fused-ring (bicyclic) bond motifs is 1. The van der Waals surface area contributed by atoms with Gasteiger partial charge in [-0.25, -0.2) is 4.98 Å².